The molecule has 4 heteroatoms. The predicted octanol–water partition coefficient (Wildman–Crippen LogP) is 2.30. The summed E-state index contributed by atoms with van der Waals surface area (Å²) in [6.07, 6.45) is 9.32. The van der Waals surface area contributed by atoms with Gasteiger partial charge in [-0.3, -0.25) is 0 Å². The summed E-state index contributed by atoms with van der Waals surface area (Å²) in [5, 5.41) is 13.0. The number of aromatic nitrogens is 1. The number of hydrogen-bond acceptors (Lipinski definition) is 4. The summed E-state index contributed by atoms with van der Waals surface area (Å²) >= 11 is 1.56. The van der Waals surface area contributed by atoms with Crippen LogP contribution in [0.3, 0.4) is 0 Å². The van der Waals surface area contributed by atoms with Gasteiger partial charge in [-0.15, -0.1) is 11.3 Å². The third-order valence-corrected chi connectivity index (χ3v) is 4.09. The van der Waals surface area contributed by atoms with Gasteiger partial charge in [0.2, 0.25) is 0 Å². The van der Waals surface area contributed by atoms with E-state index in [2.05, 4.69) is 4.98 Å². The van der Waals surface area contributed by atoms with Crippen molar-refractivity contribution in [2.24, 2.45) is 11.7 Å². The van der Waals surface area contributed by atoms with Gasteiger partial charge in [-0.05, 0) is 12.3 Å². The van der Waals surface area contributed by atoms with E-state index in [0.29, 0.717) is 18.8 Å². The van der Waals surface area contributed by atoms with Gasteiger partial charge < -0.3 is 10.8 Å². The minimum absolute atomic E-state index is 0.487. The lowest BCUT2D eigenvalue weighted by atomic mass is 9.83. The number of aliphatic hydroxyl groups is 1. The Morgan fingerprint density at radius 1 is 1.44 bits per heavy atom. The van der Waals surface area contributed by atoms with E-state index >= 15 is 0 Å². The molecule has 16 heavy (non-hydrogen) atoms. The summed E-state index contributed by atoms with van der Waals surface area (Å²) in [5.41, 5.74) is 4.89. The molecule has 1 aliphatic carbocycles. The first-order valence-electron chi connectivity index (χ1n) is 6.05. The Labute approximate surface area is 101 Å². The average Bonchev–Trinajstić information content (AvgIpc) is 2.70. The number of nitrogens with two attached hydrogens (primary N) is 1. The van der Waals surface area contributed by atoms with Gasteiger partial charge in [0, 0.05) is 18.0 Å². The molecule has 2 rings (SSSR count). The van der Waals surface area contributed by atoms with Gasteiger partial charge in [0.05, 0.1) is 5.01 Å². The molecule has 90 valence electrons. The summed E-state index contributed by atoms with van der Waals surface area (Å²) < 4.78 is 0. The van der Waals surface area contributed by atoms with Crippen LogP contribution in [0.15, 0.2) is 11.6 Å². The number of hydrogen-bond donors (Lipinski definition) is 2. The maximum atomic E-state index is 10.2. The first kappa shape index (κ1) is 12.0. The van der Waals surface area contributed by atoms with Crippen LogP contribution in [0.1, 0.15) is 43.5 Å². The van der Waals surface area contributed by atoms with Gasteiger partial charge in [0.1, 0.15) is 5.72 Å². The fourth-order valence-electron chi connectivity index (χ4n) is 2.57. The van der Waals surface area contributed by atoms with E-state index in [1.807, 2.05) is 5.38 Å². The fraction of sp³-hybridized carbons (Fsp3) is 0.750. The lowest BCUT2D eigenvalue weighted by Crippen LogP contribution is -2.43. The first-order valence-corrected chi connectivity index (χ1v) is 6.93. The number of nitrogens with zero attached hydrogens (tertiary/aromatic N) is 1. The average molecular weight is 240 g/mol. The Hall–Kier alpha value is -0.450. The second kappa shape index (κ2) is 5.25. The molecule has 0 saturated heterocycles. The van der Waals surface area contributed by atoms with Crippen LogP contribution in [-0.4, -0.2) is 15.8 Å². The molecular formula is C12H20N2OS. The lowest BCUT2D eigenvalue weighted by Gasteiger charge is -2.30. The maximum Gasteiger partial charge on any atom is 0.120 e. The Balaban J connectivity index is 1.86. The van der Waals surface area contributed by atoms with Crippen LogP contribution in [0.5, 0.6) is 0 Å². The van der Waals surface area contributed by atoms with Crippen molar-refractivity contribution in [2.75, 3.05) is 0 Å². The van der Waals surface area contributed by atoms with Crippen LogP contribution in [0.2, 0.25) is 0 Å². The Morgan fingerprint density at radius 3 is 2.81 bits per heavy atom. The van der Waals surface area contributed by atoms with Crippen molar-refractivity contribution in [1.29, 1.82) is 0 Å². The largest absolute Gasteiger partial charge is 0.376 e. The van der Waals surface area contributed by atoms with Gasteiger partial charge in [0.25, 0.3) is 0 Å². The zero-order chi connectivity index (χ0) is 11.4. The summed E-state index contributed by atoms with van der Waals surface area (Å²) in [6, 6.07) is 0. The second-order valence-electron chi connectivity index (χ2n) is 4.91. The molecule has 1 aliphatic rings. The Bertz CT molecular complexity index is 305. The van der Waals surface area contributed by atoms with Crippen LogP contribution >= 0.6 is 11.3 Å². The van der Waals surface area contributed by atoms with Crippen molar-refractivity contribution >= 4 is 11.3 Å². The Kier molecular flexibility index (Phi) is 3.95. The molecule has 1 atom stereocenters. The van der Waals surface area contributed by atoms with Crippen molar-refractivity contribution in [3.8, 4) is 0 Å². The summed E-state index contributed by atoms with van der Waals surface area (Å²) in [7, 11) is 0. The molecule has 1 fully saturated rings. The summed E-state index contributed by atoms with van der Waals surface area (Å²) in [5.74, 6) is 0.601. The monoisotopic (exact) mass is 240 g/mol. The molecule has 3 N–H and O–H groups in total. The van der Waals surface area contributed by atoms with Crippen molar-refractivity contribution < 1.29 is 5.11 Å². The van der Waals surface area contributed by atoms with E-state index in [4.69, 9.17) is 5.73 Å². The van der Waals surface area contributed by atoms with Gasteiger partial charge in [-0.2, -0.15) is 0 Å². The normalized spacial score (nSPS) is 21.9. The zero-order valence-electron chi connectivity index (χ0n) is 9.56. The van der Waals surface area contributed by atoms with Crippen molar-refractivity contribution in [3.63, 3.8) is 0 Å². The first-order chi connectivity index (χ1) is 7.66. The van der Waals surface area contributed by atoms with E-state index in [1.54, 1.807) is 17.5 Å². The molecule has 0 unspecified atom stereocenters. The van der Waals surface area contributed by atoms with Crippen LogP contribution in [-0.2, 0) is 6.42 Å². The summed E-state index contributed by atoms with van der Waals surface area (Å²) in [6.45, 7) is 0. The van der Waals surface area contributed by atoms with E-state index < -0.39 is 5.72 Å². The standard InChI is InChI=1S/C12H20N2OS/c13-12(15,9-11-14-6-7-16-11)8-10-4-2-1-3-5-10/h6-7,10,15H,1-5,8-9,13H2/t12-/m0/s1. The molecule has 0 amide bonds. The van der Waals surface area contributed by atoms with E-state index in [9.17, 15) is 5.11 Å². The second-order valence-corrected chi connectivity index (χ2v) is 5.89. The molecule has 0 aliphatic heterocycles. The highest BCUT2D eigenvalue weighted by molar-refractivity contribution is 7.09. The molecule has 3 nitrogen and oxygen atoms in total. The number of thiazole rings is 1. The minimum Gasteiger partial charge on any atom is -0.376 e. The molecule has 0 bridgehead atoms. The lowest BCUT2D eigenvalue weighted by molar-refractivity contribution is 0.0160. The highest BCUT2D eigenvalue weighted by Crippen LogP contribution is 2.30. The third-order valence-electron chi connectivity index (χ3n) is 3.31. The van der Waals surface area contributed by atoms with Crippen LogP contribution in [0.25, 0.3) is 0 Å². The molecule has 1 aromatic heterocycles. The highest BCUT2D eigenvalue weighted by Gasteiger charge is 2.28. The van der Waals surface area contributed by atoms with Crippen molar-refractivity contribution in [3.05, 3.63) is 16.6 Å². The van der Waals surface area contributed by atoms with E-state index in [0.717, 1.165) is 5.01 Å². The van der Waals surface area contributed by atoms with Gasteiger partial charge in [-0.1, -0.05) is 32.1 Å². The molecule has 1 heterocycles. The highest BCUT2D eigenvalue weighted by atomic mass is 32.1. The molecule has 0 spiro atoms. The fourth-order valence-corrected chi connectivity index (χ4v) is 3.30. The third kappa shape index (κ3) is 3.54. The molecule has 0 radical (unpaired) electrons. The number of rotatable bonds is 4. The van der Waals surface area contributed by atoms with Crippen LogP contribution < -0.4 is 5.73 Å². The van der Waals surface area contributed by atoms with Crippen LogP contribution in [0, 0.1) is 5.92 Å². The zero-order valence-corrected chi connectivity index (χ0v) is 10.4. The minimum atomic E-state index is -1.07. The SMILES string of the molecule is N[C@@](O)(Cc1nccs1)CC1CCCCC1. The molecular weight excluding hydrogens is 220 g/mol. The van der Waals surface area contributed by atoms with Gasteiger partial charge in [-0.25, -0.2) is 4.98 Å². The quantitative estimate of drug-likeness (QED) is 0.794. The van der Waals surface area contributed by atoms with Gasteiger partial charge in [0.15, 0.2) is 0 Å². The molecule has 1 aromatic rings. The van der Waals surface area contributed by atoms with Crippen LogP contribution in [0.4, 0.5) is 0 Å². The van der Waals surface area contributed by atoms with Crippen molar-refractivity contribution in [1.82, 2.24) is 4.98 Å². The topological polar surface area (TPSA) is 59.1 Å². The Morgan fingerprint density at radius 2 is 2.19 bits per heavy atom. The van der Waals surface area contributed by atoms with Gasteiger partial charge >= 0.3 is 0 Å². The molecule has 0 aromatic carbocycles. The van der Waals surface area contributed by atoms with E-state index in [-0.39, 0.29) is 0 Å². The van der Waals surface area contributed by atoms with Crippen molar-refractivity contribution in [2.45, 2.75) is 50.7 Å². The summed E-state index contributed by atoms with van der Waals surface area (Å²) in [4.78, 5) is 4.17. The smallest absolute Gasteiger partial charge is 0.120 e. The predicted molar refractivity (Wildman–Crippen MR) is 66.1 cm³/mol. The maximum absolute atomic E-state index is 10.2. The molecule has 1 saturated carbocycles. The van der Waals surface area contributed by atoms with E-state index in [1.165, 1.54) is 32.1 Å².